The average molecular weight is 507 g/mol. The SMILES string of the molecule is Nc1c(Br)c(C2CCC(N)(C(=O)O)CC2)nc2c(-c3ccc(-c4ccccc4)nc3)cnn12. The number of fused-ring (bicyclic) bond motifs is 1. The van der Waals surface area contributed by atoms with Crippen LogP contribution in [0.4, 0.5) is 5.82 Å². The lowest BCUT2D eigenvalue weighted by Crippen LogP contribution is -2.50. The van der Waals surface area contributed by atoms with E-state index in [9.17, 15) is 9.90 Å². The molecule has 1 saturated carbocycles. The summed E-state index contributed by atoms with van der Waals surface area (Å²) in [6.07, 6.45) is 5.59. The van der Waals surface area contributed by atoms with Crippen molar-refractivity contribution in [3.05, 3.63) is 65.0 Å². The highest BCUT2D eigenvalue weighted by atomic mass is 79.9. The number of carboxylic acids is 1. The second-order valence-corrected chi connectivity index (χ2v) is 9.32. The molecule has 3 heterocycles. The first kappa shape index (κ1) is 21.5. The minimum atomic E-state index is -1.17. The Kier molecular flexibility index (Phi) is 5.38. The number of nitrogens with two attached hydrogens (primary N) is 2. The van der Waals surface area contributed by atoms with Crippen LogP contribution in [0.25, 0.3) is 28.0 Å². The topological polar surface area (TPSA) is 132 Å². The first-order chi connectivity index (χ1) is 15.9. The van der Waals surface area contributed by atoms with E-state index in [2.05, 4.69) is 26.0 Å². The lowest BCUT2D eigenvalue weighted by Gasteiger charge is -2.33. The van der Waals surface area contributed by atoms with Crippen molar-refractivity contribution < 1.29 is 9.90 Å². The Labute approximate surface area is 198 Å². The molecule has 33 heavy (non-hydrogen) atoms. The molecule has 0 atom stereocenters. The highest BCUT2D eigenvalue weighted by Crippen LogP contribution is 2.41. The van der Waals surface area contributed by atoms with Crippen LogP contribution in [0.3, 0.4) is 0 Å². The number of hydrogen-bond donors (Lipinski definition) is 3. The van der Waals surface area contributed by atoms with Crippen molar-refractivity contribution in [2.24, 2.45) is 5.73 Å². The molecule has 4 aromatic rings. The smallest absolute Gasteiger partial charge is 0.323 e. The molecule has 0 spiro atoms. The third-order valence-corrected chi connectivity index (χ3v) is 7.30. The van der Waals surface area contributed by atoms with Crippen molar-refractivity contribution in [1.29, 1.82) is 0 Å². The van der Waals surface area contributed by atoms with E-state index < -0.39 is 11.5 Å². The molecule has 5 N–H and O–H groups in total. The molecule has 0 unspecified atom stereocenters. The normalized spacial score (nSPS) is 20.7. The molecule has 1 aromatic carbocycles. The van der Waals surface area contributed by atoms with E-state index in [0.717, 1.165) is 28.1 Å². The van der Waals surface area contributed by atoms with Gasteiger partial charge in [0.1, 0.15) is 11.4 Å². The zero-order valence-corrected chi connectivity index (χ0v) is 19.4. The first-order valence-corrected chi connectivity index (χ1v) is 11.5. The molecule has 1 fully saturated rings. The maximum absolute atomic E-state index is 11.5. The van der Waals surface area contributed by atoms with Gasteiger partial charge in [0.25, 0.3) is 0 Å². The number of pyridine rings is 1. The number of carbonyl (C=O) groups is 1. The quantitative estimate of drug-likeness (QED) is 0.376. The van der Waals surface area contributed by atoms with Crippen molar-refractivity contribution in [3.63, 3.8) is 0 Å². The van der Waals surface area contributed by atoms with Crippen LogP contribution >= 0.6 is 15.9 Å². The summed E-state index contributed by atoms with van der Waals surface area (Å²) >= 11 is 3.59. The van der Waals surface area contributed by atoms with Crippen LogP contribution in [-0.4, -0.2) is 36.2 Å². The fourth-order valence-electron chi connectivity index (χ4n) is 4.44. The molecule has 3 aromatic heterocycles. The predicted molar refractivity (Wildman–Crippen MR) is 130 cm³/mol. The number of benzene rings is 1. The maximum Gasteiger partial charge on any atom is 0.323 e. The van der Waals surface area contributed by atoms with Crippen molar-refractivity contribution >= 4 is 33.4 Å². The fourth-order valence-corrected chi connectivity index (χ4v) is 5.02. The molecule has 1 aliphatic rings. The lowest BCUT2D eigenvalue weighted by atomic mass is 9.76. The Hall–Kier alpha value is -3.30. The van der Waals surface area contributed by atoms with E-state index in [-0.39, 0.29) is 5.92 Å². The van der Waals surface area contributed by atoms with E-state index >= 15 is 0 Å². The van der Waals surface area contributed by atoms with Crippen LogP contribution in [-0.2, 0) is 4.79 Å². The van der Waals surface area contributed by atoms with E-state index in [1.807, 2.05) is 48.7 Å². The molecule has 0 amide bonds. The van der Waals surface area contributed by atoms with Gasteiger partial charge >= 0.3 is 5.97 Å². The van der Waals surface area contributed by atoms with E-state index in [1.54, 1.807) is 10.7 Å². The summed E-state index contributed by atoms with van der Waals surface area (Å²) in [5, 5.41) is 13.9. The van der Waals surface area contributed by atoms with Gasteiger partial charge in [0.05, 0.1) is 22.1 Å². The van der Waals surface area contributed by atoms with Crippen molar-refractivity contribution in [3.8, 4) is 22.4 Å². The Morgan fingerprint density at radius 3 is 2.45 bits per heavy atom. The molecule has 1 aliphatic carbocycles. The molecular formula is C24H23BrN6O2. The van der Waals surface area contributed by atoms with Crippen LogP contribution < -0.4 is 11.5 Å². The Morgan fingerprint density at radius 1 is 1.09 bits per heavy atom. The van der Waals surface area contributed by atoms with Crippen molar-refractivity contribution in [2.45, 2.75) is 37.1 Å². The van der Waals surface area contributed by atoms with Crippen LogP contribution in [0.5, 0.6) is 0 Å². The van der Waals surface area contributed by atoms with E-state index in [4.69, 9.17) is 16.5 Å². The maximum atomic E-state index is 11.5. The molecule has 0 radical (unpaired) electrons. The Morgan fingerprint density at radius 2 is 1.82 bits per heavy atom. The first-order valence-electron chi connectivity index (χ1n) is 10.7. The van der Waals surface area contributed by atoms with Crippen molar-refractivity contribution in [1.82, 2.24) is 19.6 Å². The number of anilines is 1. The van der Waals surface area contributed by atoms with Crippen LogP contribution in [0, 0.1) is 0 Å². The largest absolute Gasteiger partial charge is 0.480 e. The van der Waals surface area contributed by atoms with Gasteiger partial charge in [-0.2, -0.15) is 9.61 Å². The summed E-state index contributed by atoms with van der Waals surface area (Å²) in [5.74, 6) is -0.436. The lowest BCUT2D eigenvalue weighted by molar-refractivity contribution is -0.144. The van der Waals surface area contributed by atoms with E-state index in [0.29, 0.717) is 41.6 Å². The molecule has 5 rings (SSSR count). The monoisotopic (exact) mass is 506 g/mol. The molecule has 0 aliphatic heterocycles. The number of hydrogen-bond acceptors (Lipinski definition) is 6. The van der Waals surface area contributed by atoms with Crippen LogP contribution in [0.2, 0.25) is 0 Å². The molecular weight excluding hydrogens is 484 g/mol. The Balaban J connectivity index is 1.51. The molecule has 0 bridgehead atoms. The van der Waals surface area contributed by atoms with Gasteiger partial charge < -0.3 is 16.6 Å². The number of nitrogens with zero attached hydrogens (tertiary/aromatic N) is 4. The summed E-state index contributed by atoms with van der Waals surface area (Å²) in [7, 11) is 0. The molecule has 168 valence electrons. The Bertz CT molecular complexity index is 1330. The minimum Gasteiger partial charge on any atom is -0.480 e. The molecule has 0 saturated heterocycles. The van der Waals surface area contributed by atoms with Crippen LogP contribution in [0.15, 0.2) is 59.3 Å². The number of aliphatic carboxylic acids is 1. The van der Waals surface area contributed by atoms with Gasteiger partial charge in [0.2, 0.25) is 0 Å². The molecule has 9 heteroatoms. The van der Waals surface area contributed by atoms with Gasteiger partial charge in [0, 0.05) is 28.8 Å². The minimum absolute atomic E-state index is 0.0593. The van der Waals surface area contributed by atoms with Gasteiger partial charge in [-0.15, -0.1) is 0 Å². The highest BCUT2D eigenvalue weighted by molar-refractivity contribution is 9.10. The zero-order valence-electron chi connectivity index (χ0n) is 17.8. The number of nitrogen functional groups attached to an aromatic ring is 1. The fraction of sp³-hybridized carbons (Fsp3) is 0.250. The van der Waals surface area contributed by atoms with E-state index in [1.165, 1.54) is 0 Å². The second-order valence-electron chi connectivity index (χ2n) is 8.52. The summed E-state index contributed by atoms with van der Waals surface area (Å²) in [6, 6.07) is 14.0. The second kappa shape index (κ2) is 8.24. The van der Waals surface area contributed by atoms with Crippen molar-refractivity contribution in [2.75, 3.05) is 5.73 Å². The summed E-state index contributed by atoms with van der Waals surface area (Å²) in [4.78, 5) is 21.1. The van der Waals surface area contributed by atoms with Gasteiger partial charge in [-0.25, -0.2) is 4.98 Å². The molecule has 8 nitrogen and oxygen atoms in total. The predicted octanol–water partition coefficient (Wildman–Crippen LogP) is 4.24. The third-order valence-electron chi connectivity index (χ3n) is 6.48. The van der Waals surface area contributed by atoms with Gasteiger partial charge in [-0.3, -0.25) is 9.78 Å². The van der Waals surface area contributed by atoms with Gasteiger partial charge in [-0.1, -0.05) is 36.4 Å². The van der Waals surface area contributed by atoms with Crippen LogP contribution in [0.1, 0.15) is 37.3 Å². The zero-order chi connectivity index (χ0) is 23.2. The number of halogens is 1. The van der Waals surface area contributed by atoms with Gasteiger partial charge in [0.15, 0.2) is 5.65 Å². The average Bonchev–Trinajstić information content (AvgIpc) is 3.27. The van der Waals surface area contributed by atoms with Gasteiger partial charge in [-0.05, 0) is 47.7 Å². The number of aromatic nitrogens is 4. The summed E-state index contributed by atoms with van der Waals surface area (Å²) < 4.78 is 2.30. The number of rotatable bonds is 4. The third kappa shape index (κ3) is 3.77. The summed E-state index contributed by atoms with van der Waals surface area (Å²) in [6.45, 7) is 0. The number of carboxylic acid groups (broad SMARTS) is 1. The highest BCUT2D eigenvalue weighted by Gasteiger charge is 2.39. The summed E-state index contributed by atoms with van der Waals surface area (Å²) in [5.41, 5.74) is 16.4. The standard InChI is InChI=1S/C24H23BrN6O2/c25-19-20(15-8-10-24(27,11-9-15)23(32)33)30-22-17(13-29-31(22)21(19)26)16-6-7-18(28-12-16)14-4-2-1-3-5-14/h1-7,12-13,15H,8-11,26-27H2,(H,32,33).